The molecule has 0 aliphatic carbocycles. The van der Waals surface area contributed by atoms with E-state index >= 15 is 0 Å². The van der Waals surface area contributed by atoms with Gasteiger partial charge in [-0.15, -0.1) is 6.58 Å². The molecule has 14 nitrogen and oxygen atoms in total. The van der Waals surface area contributed by atoms with E-state index < -0.39 is 12.5 Å². The first kappa shape index (κ1) is 33.2. The second kappa shape index (κ2) is 14.5. The molecule has 0 unspecified atom stereocenters. The number of nitrogens with two attached hydrogens (primary N) is 2. The number of carbonyl (C=O) groups excluding carboxylic acids is 2. The summed E-state index contributed by atoms with van der Waals surface area (Å²) in [5.41, 5.74) is 13.5. The lowest BCUT2D eigenvalue weighted by Gasteiger charge is -2.38. The van der Waals surface area contributed by atoms with Crippen molar-refractivity contribution in [3.05, 3.63) is 106 Å². The van der Waals surface area contributed by atoms with Gasteiger partial charge in [-0.2, -0.15) is 10.2 Å². The van der Waals surface area contributed by atoms with Crippen LogP contribution in [0.25, 0.3) is 16.6 Å². The van der Waals surface area contributed by atoms with Crippen molar-refractivity contribution in [2.24, 2.45) is 12.8 Å². The molecule has 0 bridgehead atoms. The van der Waals surface area contributed by atoms with Gasteiger partial charge in [0.25, 0.3) is 11.5 Å². The monoisotopic (exact) mass is 648 g/mol. The van der Waals surface area contributed by atoms with Crippen LogP contribution in [0.4, 0.5) is 11.6 Å². The summed E-state index contributed by atoms with van der Waals surface area (Å²) in [6, 6.07) is 15.1. The molecule has 0 radical (unpaired) electrons. The highest BCUT2D eigenvalue weighted by Gasteiger charge is 2.31. The van der Waals surface area contributed by atoms with Gasteiger partial charge in [0, 0.05) is 44.9 Å². The normalized spacial score (nSPS) is 12.4. The van der Waals surface area contributed by atoms with Crippen LogP contribution in [0.3, 0.4) is 0 Å². The summed E-state index contributed by atoms with van der Waals surface area (Å²) in [6.45, 7) is 6.60. The van der Waals surface area contributed by atoms with Gasteiger partial charge in [-0.1, -0.05) is 49.1 Å². The van der Waals surface area contributed by atoms with Gasteiger partial charge in [0.1, 0.15) is 23.8 Å². The number of rotatable bonds is 8. The van der Waals surface area contributed by atoms with Gasteiger partial charge in [-0.3, -0.25) is 28.3 Å². The molecule has 14 heteroatoms. The first-order valence-electron chi connectivity index (χ1n) is 15.2. The third-order valence-electron chi connectivity index (χ3n) is 7.70. The van der Waals surface area contributed by atoms with Crippen LogP contribution >= 0.6 is 0 Å². The first-order valence-corrected chi connectivity index (χ1v) is 15.2. The number of aromatic nitrogens is 6. The summed E-state index contributed by atoms with van der Waals surface area (Å²) < 4.78 is 4.91. The van der Waals surface area contributed by atoms with Crippen LogP contribution in [-0.4, -0.2) is 77.2 Å². The minimum Gasteiger partial charge on any atom is -0.387 e. The van der Waals surface area contributed by atoms with Crippen molar-refractivity contribution in [3.8, 4) is 17.5 Å². The lowest BCUT2D eigenvalue weighted by molar-refractivity contribution is -0.140. The lowest BCUT2D eigenvalue weighted by atomic mass is 10.1. The zero-order valence-corrected chi connectivity index (χ0v) is 26.6. The average Bonchev–Trinajstić information content (AvgIpc) is 3.64. The number of benzene rings is 2. The fraction of sp³-hybridized carbons (Fsp3) is 0.235. The molecule has 6 rings (SSSR count). The number of primary amides is 1. The van der Waals surface area contributed by atoms with Gasteiger partial charge in [-0.25, -0.2) is 4.98 Å². The van der Waals surface area contributed by atoms with Gasteiger partial charge in [-0.05, 0) is 24.3 Å². The summed E-state index contributed by atoms with van der Waals surface area (Å²) in [5.74, 6) is 6.70. The number of fused-ring (bicyclic) bond motifs is 1. The van der Waals surface area contributed by atoms with Crippen LogP contribution in [0, 0.1) is 11.8 Å². The Morgan fingerprint density at radius 1 is 1.15 bits per heavy atom. The molecule has 1 aliphatic rings. The second-order valence-electron chi connectivity index (χ2n) is 10.9. The Bertz CT molecular complexity index is 2100. The SMILES string of the molecule is C=CCNc1c(C(N)=O)c(N)nn1C.CCc1nc2cccc(C#Cc3cnn(C4CN(C(=O)CO)C4)c3)c2c(=O)n1-c1ccccc1. The number of amides is 2. The first-order chi connectivity index (χ1) is 23.2. The van der Waals surface area contributed by atoms with Crippen molar-refractivity contribution < 1.29 is 14.7 Å². The molecular formula is C34H36N10O4. The van der Waals surface area contributed by atoms with Crippen molar-refractivity contribution in [2.75, 3.05) is 37.3 Å². The minimum absolute atomic E-state index is 0.0679. The van der Waals surface area contributed by atoms with E-state index in [4.69, 9.17) is 21.6 Å². The van der Waals surface area contributed by atoms with Crippen molar-refractivity contribution in [1.82, 2.24) is 34.0 Å². The Morgan fingerprint density at radius 2 is 1.90 bits per heavy atom. The highest BCUT2D eigenvalue weighted by atomic mass is 16.3. The molecule has 1 saturated heterocycles. The topological polar surface area (TPSA) is 192 Å². The zero-order valence-electron chi connectivity index (χ0n) is 26.6. The Hall–Kier alpha value is -6.20. The largest absolute Gasteiger partial charge is 0.387 e. The Morgan fingerprint density at radius 3 is 2.56 bits per heavy atom. The highest BCUT2D eigenvalue weighted by molar-refractivity contribution is 6.02. The van der Waals surface area contributed by atoms with E-state index in [-0.39, 0.29) is 28.9 Å². The third kappa shape index (κ3) is 6.81. The van der Waals surface area contributed by atoms with Crippen LogP contribution < -0.4 is 22.3 Å². The number of aliphatic hydroxyl groups excluding tert-OH is 1. The molecule has 2 aromatic carbocycles. The Kier molecular flexibility index (Phi) is 10.0. The number of nitrogen functional groups attached to an aromatic ring is 1. The molecule has 5 aromatic rings. The smallest absolute Gasteiger partial charge is 0.267 e. The maximum Gasteiger partial charge on any atom is 0.267 e. The van der Waals surface area contributed by atoms with Crippen LogP contribution in [0.1, 0.15) is 40.3 Å². The quantitative estimate of drug-likeness (QED) is 0.143. The molecular weight excluding hydrogens is 612 g/mol. The van der Waals surface area contributed by atoms with E-state index in [1.165, 1.54) is 4.68 Å². The maximum absolute atomic E-state index is 13.6. The maximum atomic E-state index is 13.6. The minimum atomic E-state index is -0.595. The third-order valence-corrected chi connectivity index (χ3v) is 7.70. The molecule has 0 atom stereocenters. The van der Waals surface area contributed by atoms with Crippen molar-refractivity contribution in [1.29, 1.82) is 0 Å². The fourth-order valence-corrected chi connectivity index (χ4v) is 5.29. The molecule has 0 saturated carbocycles. The van der Waals surface area contributed by atoms with Gasteiger partial charge in [0.15, 0.2) is 5.82 Å². The van der Waals surface area contributed by atoms with Crippen molar-refractivity contribution >= 4 is 34.4 Å². The van der Waals surface area contributed by atoms with E-state index in [0.717, 1.165) is 5.69 Å². The number of carbonyl (C=O) groups is 2. The standard InChI is InChI=1S/C26H23N5O3.C8H13N5O/c1-2-23-28-22-10-6-7-19(25(22)26(34)31(23)20-8-4-3-5-9-20)12-11-18-13-27-30(14-18)21-15-29(16-21)24(33)17-32;1-3-4-11-8-5(7(10)14)6(9)12-13(8)2/h3-10,13-14,21,32H,2,15-17H2,1H3;3,11H,1,4H2,2H3,(H2,9,12)(H2,10,14). The van der Waals surface area contributed by atoms with E-state index in [9.17, 15) is 14.4 Å². The molecule has 2 amide bonds. The molecule has 4 heterocycles. The molecule has 1 aliphatic heterocycles. The number of anilines is 2. The van der Waals surface area contributed by atoms with E-state index in [0.29, 0.717) is 59.7 Å². The number of nitrogens with one attached hydrogen (secondary N) is 1. The van der Waals surface area contributed by atoms with Gasteiger partial charge < -0.3 is 26.8 Å². The van der Waals surface area contributed by atoms with E-state index in [1.54, 1.807) is 33.5 Å². The molecule has 1 fully saturated rings. The summed E-state index contributed by atoms with van der Waals surface area (Å²) in [5, 5.41) is 20.6. The molecule has 48 heavy (non-hydrogen) atoms. The van der Waals surface area contributed by atoms with Crippen molar-refractivity contribution in [2.45, 2.75) is 19.4 Å². The van der Waals surface area contributed by atoms with Gasteiger partial charge >= 0.3 is 0 Å². The molecule has 3 aromatic heterocycles. The summed E-state index contributed by atoms with van der Waals surface area (Å²) >= 11 is 0. The van der Waals surface area contributed by atoms with Crippen LogP contribution in [0.2, 0.25) is 0 Å². The fourth-order valence-electron chi connectivity index (χ4n) is 5.29. The highest BCUT2D eigenvalue weighted by Crippen LogP contribution is 2.22. The van der Waals surface area contributed by atoms with Crippen molar-refractivity contribution in [3.63, 3.8) is 0 Å². The number of aliphatic hydroxyl groups is 1. The van der Waals surface area contributed by atoms with Gasteiger partial charge in [0.2, 0.25) is 5.91 Å². The molecule has 0 spiro atoms. The summed E-state index contributed by atoms with van der Waals surface area (Å²) in [7, 11) is 1.67. The Balaban J connectivity index is 0.000000271. The number of nitrogens with zero attached hydrogens (tertiary/aromatic N) is 7. The van der Waals surface area contributed by atoms with E-state index in [1.807, 2.05) is 61.7 Å². The average molecular weight is 649 g/mol. The predicted octanol–water partition coefficient (Wildman–Crippen LogP) is 1.62. The number of likely N-dealkylation sites (tertiary alicyclic amines) is 1. The number of aryl methyl sites for hydroxylation is 2. The zero-order chi connectivity index (χ0) is 34.4. The number of para-hydroxylation sites is 1. The predicted molar refractivity (Wildman–Crippen MR) is 182 cm³/mol. The van der Waals surface area contributed by atoms with Gasteiger partial charge in [0.05, 0.1) is 34.4 Å². The van der Waals surface area contributed by atoms with Crippen LogP contribution in [0.15, 0.2) is 78.4 Å². The molecule has 246 valence electrons. The lowest BCUT2D eigenvalue weighted by Crippen LogP contribution is -2.51. The summed E-state index contributed by atoms with van der Waals surface area (Å²) in [4.78, 5) is 42.5. The van der Waals surface area contributed by atoms with Crippen LogP contribution in [0.5, 0.6) is 0 Å². The molecule has 6 N–H and O–H groups in total. The Labute approximate surface area is 276 Å². The van der Waals surface area contributed by atoms with E-state index in [2.05, 4.69) is 33.9 Å². The van der Waals surface area contributed by atoms with Crippen LogP contribution in [-0.2, 0) is 18.3 Å². The second-order valence-corrected chi connectivity index (χ2v) is 10.9. The number of hydrogen-bond donors (Lipinski definition) is 4. The number of hydrogen-bond acceptors (Lipinski definition) is 9. The summed E-state index contributed by atoms with van der Waals surface area (Å²) in [6.07, 6.45) is 5.79.